The maximum atomic E-state index is 6.84. The molecule has 4 unspecified atom stereocenters. The first-order valence-corrected chi connectivity index (χ1v) is 8.26. The Morgan fingerprint density at radius 2 is 1.80 bits per heavy atom. The van der Waals surface area contributed by atoms with Crippen molar-refractivity contribution < 1.29 is 0 Å². The standard InChI is InChI=1S/C18H28ClN/c1-5-6-14(7-8-20)16-17(18(16,4)19)15-10-12(2)9-13(3)11-15/h9-11,14,16-17H,5-8,20H2,1-4H3. The van der Waals surface area contributed by atoms with Gasteiger partial charge >= 0.3 is 0 Å². The lowest BCUT2D eigenvalue weighted by Gasteiger charge is -2.16. The molecule has 2 rings (SSSR count). The molecule has 0 aliphatic heterocycles. The van der Waals surface area contributed by atoms with E-state index in [1.54, 1.807) is 0 Å². The zero-order valence-corrected chi connectivity index (χ0v) is 14.0. The fraction of sp³-hybridized carbons (Fsp3) is 0.667. The van der Waals surface area contributed by atoms with Gasteiger partial charge in [-0.15, -0.1) is 11.6 Å². The molecule has 1 aliphatic carbocycles. The van der Waals surface area contributed by atoms with Crippen molar-refractivity contribution in [1.29, 1.82) is 0 Å². The van der Waals surface area contributed by atoms with Gasteiger partial charge < -0.3 is 5.73 Å². The number of hydrogen-bond acceptors (Lipinski definition) is 1. The van der Waals surface area contributed by atoms with E-state index in [0.717, 1.165) is 13.0 Å². The van der Waals surface area contributed by atoms with Gasteiger partial charge in [0.15, 0.2) is 0 Å². The zero-order chi connectivity index (χ0) is 14.9. The van der Waals surface area contributed by atoms with E-state index in [-0.39, 0.29) is 4.87 Å². The van der Waals surface area contributed by atoms with Crippen LogP contribution in [0, 0.1) is 25.7 Å². The molecule has 2 heteroatoms. The Bertz CT molecular complexity index is 440. The molecule has 1 fully saturated rings. The SMILES string of the molecule is CCCC(CCN)C1C(c2cc(C)cc(C)c2)C1(C)Cl. The lowest BCUT2D eigenvalue weighted by molar-refractivity contribution is 0.384. The highest BCUT2D eigenvalue weighted by atomic mass is 35.5. The molecule has 20 heavy (non-hydrogen) atoms. The number of benzene rings is 1. The third-order valence-corrected chi connectivity index (χ3v) is 5.30. The first-order chi connectivity index (χ1) is 9.41. The molecule has 0 amide bonds. The lowest BCUT2D eigenvalue weighted by Crippen LogP contribution is -2.14. The van der Waals surface area contributed by atoms with Crippen molar-refractivity contribution in [1.82, 2.24) is 0 Å². The third kappa shape index (κ3) is 3.04. The van der Waals surface area contributed by atoms with Gasteiger partial charge in [0, 0.05) is 5.92 Å². The van der Waals surface area contributed by atoms with Gasteiger partial charge in [-0.3, -0.25) is 0 Å². The van der Waals surface area contributed by atoms with Gasteiger partial charge in [-0.2, -0.15) is 0 Å². The smallest absolute Gasteiger partial charge is 0.0527 e. The van der Waals surface area contributed by atoms with Gasteiger partial charge in [0.25, 0.3) is 0 Å². The molecule has 112 valence electrons. The Hall–Kier alpha value is -0.530. The van der Waals surface area contributed by atoms with E-state index < -0.39 is 0 Å². The fourth-order valence-corrected chi connectivity index (χ4v) is 4.56. The van der Waals surface area contributed by atoms with Gasteiger partial charge in [-0.25, -0.2) is 0 Å². The molecule has 1 nitrogen and oxygen atoms in total. The maximum absolute atomic E-state index is 6.84. The average Bonchev–Trinajstić information content (AvgIpc) is 2.90. The average molecular weight is 294 g/mol. The molecule has 0 saturated heterocycles. The molecule has 1 saturated carbocycles. The van der Waals surface area contributed by atoms with Crippen molar-refractivity contribution in [2.24, 2.45) is 17.6 Å². The Balaban J connectivity index is 2.24. The second-order valence-corrected chi connectivity index (χ2v) is 7.52. The molecule has 2 N–H and O–H groups in total. The molecule has 0 bridgehead atoms. The molecule has 4 atom stereocenters. The Morgan fingerprint density at radius 1 is 1.20 bits per heavy atom. The van der Waals surface area contributed by atoms with Crippen LogP contribution in [0.25, 0.3) is 0 Å². The van der Waals surface area contributed by atoms with Crippen molar-refractivity contribution in [2.45, 2.75) is 57.7 Å². The molecule has 0 spiro atoms. The van der Waals surface area contributed by atoms with Gasteiger partial charge in [0.2, 0.25) is 0 Å². The lowest BCUT2D eigenvalue weighted by atomic mass is 9.91. The van der Waals surface area contributed by atoms with E-state index in [2.05, 4.69) is 45.9 Å². The fourth-order valence-electron chi connectivity index (χ4n) is 4.06. The van der Waals surface area contributed by atoms with Crippen LogP contribution in [0.3, 0.4) is 0 Å². The number of halogens is 1. The van der Waals surface area contributed by atoms with Crippen molar-refractivity contribution >= 4 is 11.6 Å². The van der Waals surface area contributed by atoms with Crippen LogP contribution in [0.5, 0.6) is 0 Å². The largest absolute Gasteiger partial charge is 0.330 e. The normalized spacial score (nSPS) is 30.3. The summed E-state index contributed by atoms with van der Waals surface area (Å²) >= 11 is 6.84. The van der Waals surface area contributed by atoms with Crippen LogP contribution in [0.1, 0.15) is 55.7 Å². The predicted octanol–water partition coefficient (Wildman–Crippen LogP) is 4.78. The number of alkyl halides is 1. The van der Waals surface area contributed by atoms with Crippen LogP contribution in [0.15, 0.2) is 18.2 Å². The summed E-state index contributed by atoms with van der Waals surface area (Å²) < 4.78 is 0. The summed E-state index contributed by atoms with van der Waals surface area (Å²) in [6.45, 7) is 9.57. The highest BCUT2D eigenvalue weighted by Crippen LogP contribution is 2.66. The predicted molar refractivity (Wildman–Crippen MR) is 88.5 cm³/mol. The van der Waals surface area contributed by atoms with Gasteiger partial charge in [0.1, 0.15) is 0 Å². The minimum Gasteiger partial charge on any atom is -0.330 e. The molecule has 1 aromatic rings. The van der Waals surface area contributed by atoms with Crippen LogP contribution in [-0.4, -0.2) is 11.4 Å². The van der Waals surface area contributed by atoms with Crippen molar-refractivity contribution in [3.05, 3.63) is 34.9 Å². The molecule has 1 aromatic carbocycles. The minimum atomic E-state index is -0.0881. The summed E-state index contributed by atoms with van der Waals surface area (Å²) in [5, 5.41) is 0. The van der Waals surface area contributed by atoms with Gasteiger partial charge in [-0.05, 0) is 51.1 Å². The van der Waals surface area contributed by atoms with Crippen LogP contribution in [-0.2, 0) is 0 Å². The van der Waals surface area contributed by atoms with E-state index in [9.17, 15) is 0 Å². The maximum Gasteiger partial charge on any atom is 0.0527 e. The van der Waals surface area contributed by atoms with Crippen LogP contribution < -0.4 is 5.73 Å². The van der Waals surface area contributed by atoms with E-state index in [1.165, 1.54) is 29.5 Å². The van der Waals surface area contributed by atoms with E-state index in [0.29, 0.717) is 17.8 Å². The highest BCUT2D eigenvalue weighted by Gasteiger charge is 2.63. The number of hydrogen-bond donors (Lipinski definition) is 1. The second kappa shape index (κ2) is 6.07. The zero-order valence-electron chi connectivity index (χ0n) is 13.2. The first-order valence-electron chi connectivity index (χ1n) is 7.89. The Kier molecular flexibility index (Phi) is 4.81. The molecular formula is C18H28ClN. The summed E-state index contributed by atoms with van der Waals surface area (Å²) in [4.78, 5) is -0.0881. The quantitative estimate of drug-likeness (QED) is 0.751. The van der Waals surface area contributed by atoms with Gasteiger partial charge in [0.05, 0.1) is 4.87 Å². The second-order valence-electron chi connectivity index (χ2n) is 6.70. The minimum absolute atomic E-state index is 0.0881. The first kappa shape index (κ1) is 15.9. The van der Waals surface area contributed by atoms with Gasteiger partial charge in [-0.1, -0.05) is 49.1 Å². The Morgan fingerprint density at radius 3 is 2.30 bits per heavy atom. The number of nitrogens with two attached hydrogens (primary N) is 1. The monoisotopic (exact) mass is 293 g/mol. The molecule has 0 radical (unpaired) electrons. The Labute approximate surface area is 128 Å². The summed E-state index contributed by atoms with van der Waals surface area (Å²) in [5.74, 6) is 1.73. The van der Waals surface area contributed by atoms with E-state index >= 15 is 0 Å². The third-order valence-electron chi connectivity index (χ3n) is 4.82. The van der Waals surface area contributed by atoms with Crippen LogP contribution in [0.2, 0.25) is 0 Å². The topological polar surface area (TPSA) is 26.0 Å². The van der Waals surface area contributed by atoms with E-state index in [4.69, 9.17) is 17.3 Å². The van der Waals surface area contributed by atoms with Crippen LogP contribution in [0.4, 0.5) is 0 Å². The van der Waals surface area contributed by atoms with Crippen molar-refractivity contribution in [3.8, 4) is 0 Å². The molecular weight excluding hydrogens is 266 g/mol. The van der Waals surface area contributed by atoms with E-state index in [1.807, 2.05) is 0 Å². The molecule has 0 aromatic heterocycles. The highest BCUT2D eigenvalue weighted by molar-refractivity contribution is 6.27. The van der Waals surface area contributed by atoms with Crippen LogP contribution >= 0.6 is 11.6 Å². The van der Waals surface area contributed by atoms with Crippen molar-refractivity contribution in [2.75, 3.05) is 6.54 Å². The number of aryl methyl sites for hydroxylation is 2. The van der Waals surface area contributed by atoms with Crippen molar-refractivity contribution in [3.63, 3.8) is 0 Å². The number of rotatable bonds is 6. The molecule has 1 aliphatic rings. The summed E-state index contributed by atoms with van der Waals surface area (Å²) in [7, 11) is 0. The molecule has 0 heterocycles. The summed E-state index contributed by atoms with van der Waals surface area (Å²) in [6.07, 6.45) is 3.56. The summed E-state index contributed by atoms with van der Waals surface area (Å²) in [6, 6.07) is 6.85. The summed E-state index contributed by atoms with van der Waals surface area (Å²) in [5.41, 5.74) is 9.90.